The molecule has 3 atom stereocenters. The van der Waals surface area contributed by atoms with Crippen LogP contribution >= 0.6 is 11.8 Å². The van der Waals surface area contributed by atoms with Crippen LogP contribution in [0.5, 0.6) is 0 Å². The Bertz CT molecular complexity index is 1030. The van der Waals surface area contributed by atoms with Crippen molar-refractivity contribution in [3.05, 3.63) is 58.6 Å². The van der Waals surface area contributed by atoms with Crippen LogP contribution in [0, 0.1) is 0 Å². The van der Waals surface area contributed by atoms with Gasteiger partial charge in [-0.2, -0.15) is 4.98 Å². The second-order valence-corrected chi connectivity index (χ2v) is 15.5. The monoisotopic (exact) mass is 505 g/mol. The van der Waals surface area contributed by atoms with Crippen LogP contribution in [0.2, 0.25) is 18.1 Å². The number of thioether (sulfide) groups is 1. The molecule has 1 aromatic heterocycles. The molecule has 0 bridgehead atoms. The largest absolute Gasteiger partial charge is 0.414 e. The van der Waals surface area contributed by atoms with Crippen molar-refractivity contribution in [2.75, 3.05) is 24.1 Å². The van der Waals surface area contributed by atoms with Crippen LogP contribution in [0.15, 0.2) is 47.4 Å². The summed E-state index contributed by atoms with van der Waals surface area (Å²) in [7, 11) is -1.96. The maximum atomic E-state index is 12.8. The van der Waals surface area contributed by atoms with E-state index in [4.69, 9.17) is 13.9 Å². The van der Waals surface area contributed by atoms with Gasteiger partial charge >= 0.3 is 5.69 Å². The van der Waals surface area contributed by atoms with E-state index in [9.17, 15) is 9.59 Å². The zero-order valence-corrected chi connectivity index (χ0v) is 22.6. The van der Waals surface area contributed by atoms with Crippen LogP contribution in [0.3, 0.4) is 0 Å². The number of nitrogens with one attached hydrogen (secondary N) is 1. The van der Waals surface area contributed by atoms with E-state index < -0.39 is 20.2 Å². The van der Waals surface area contributed by atoms with E-state index in [1.807, 2.05) is 12.3 Å². The Morgan fingerprint density at radius 1 is 1.26 bits per heavy atom. The predicted molar refractivity (Wildman–Crippen MR) is 138 cm³/mol. The molecule has 34 heavy (non-hydrogen) atoms. The molecule has 1 N–H and O–H groups in total. The van der Waals surface area contributed by atoms with Gasteiger partial charge < -0.3 is 19.2 Å². The Morgan fingerprint density at radius 2 is 1.97 bits per heavy atom. The van der Waals surface area contributed by atoms with Crippen molar-refractivity contribution in [1.29, 1.82) is 0 Å². The predicted octanol–water partition coefficient (Wildman–Crippen LogP) is 4.51. The fourth-order valence-corrected chi connectivity index (χ4v) is 4.66. The van der Waals surface area contributed by atoms with Gasteiger partial charge in [0, 0.05) is 18.2 Å². The van der Waals surface area contributed by atoms with Gasteiger partial charge in [-0.3, -0.25) is 9.36 Å². The highest BCUT2D eigenvalue weighted by Gasteiger charge is 2.42. The average molecular weight is 506 g/mol. The average Bonchev–Trinajstić information content (AvgIpc) is 3.19. The van der Waals surface area contributed by atoms with E-state index in [1.165, 1.54) is 4.57 Å². The van der Waals surface area contributed by atoms with Crippen LogP contribution in [0.4, 0.5) is 5.82 Å². The molecule has 1 aromatic carbocycles. The summed E-state index contributed by atoms with van der Waals surface area (Å²) in [6, 6.07) is 10.4. The van der Waals surface area contributed by atoms with Crippen molar-refractivity contribution in [2.45, 2.75) is 63.8 Å². The topological polar surface area (TPSA) is 91.7 Å². The quantitative estimate of drug-likeness (QED) is 0.396. The van der Waals surface area contributed by atoms with Gasteiger partial charge in [0.05, 0.1) is 18.6 Å². The van der Waals surface area contributed by atoms with Gasteiger partial charge in [0.1, 0.15) is 18.1 Å². The Balaban J connectivity index is 1.70. The molecule has 2 aromatic rings. The number of amides is 1. The summed E-state index contributed by atoms with van der Waals surface area (Å²) in [5, 5.41) is 2.75. The number of hydrogen-bond donors (Lipinski definition) is 1. The smallest absolute Gasteiger partial charge is 0.351 e. The Kier molecular flexibility index (Phi) is 8.75. The molecule has 1 aliphatic rings. The zero-order chi connectivity index (χ0) is 24.9. The van der Waals surface area contributed by atoms with Gasteiger partial charge in [-0.1, -0.05) is 39.0 Å². The fraction of sp³-hybridized carbons (Fsp3) is 0.542. The number of carbonyl (C=O) groups excluding carboxylic acids is 1. The van der Waals surface area contributed by atoms with Crippen LogP contribution in [-0.2, 0) is 13.9 Å². The van der Waals surface area contributed by atoms with Gasteiger partial charge in [0.25, 0.3) is 5.91 Å². The molecule has 8 nitrogen and oxygen atoms in total. The highest BCUT2D eigenvalue weighted by Crippen LogP contribution is 2.38. The molecule has 10 heteroatoms. The summed E-state index contributed by atoms with van der Waals surface area (Å²) < 4.78 is 20.1. The second kappa shape index (κ2) is 11.2. The molecule has 0 unspecified atom stereocenters. The molecule has 2 heterocycles. The summed E-state index contributed by atoms with van der Waals surface area (Å²) in [5.74, 6) is 0.409. The highest BCUT2D eigenvalue weighted by atomic mass is 32.2. The van der Waals surface area contributed by atoms with Gasteiger partial charge in [0.15, 0.2) is 8.32 Å². The lowest BCUT2D eigenvalue weighted by molar-refractivity contribution is -0.0528. The molecular formula is C24H35N3O5SSi. The molecule has 0 radical (unpaired) electrons. The number of anilines is 1. The number of rotatable bonds is 9. The van der Waals surface area contributed by atoms with Crippen molar-refractivity contribution in [3.8, 4) is 0 Å². The lowest BCUT2D eigenvalue weighted by atomic mass is 10.2. The fourth-order valence-electron chi connectivity index (χ4n) is 3.34. The first-order valence-electron chi connectivity index (χ1n) is 11.4. The van der Waals surface area contributed by atoms with Crippen LogP contribution < -0.4 is 11.0 Å². The zero-order valence-electron chi connectivity index (χ0n) is 20.7. The summed E-state index contributed by atoms with van der Waals surface area (Å²) in [4.78, 5) is 29.2. The molecule has 0 saturated carbocycles. The number of benzene rings is 1. The number of hydrogen-bond acceptors (Lipinski definition) is 7. The Labute approximate surface area is 206 Å². The van der Waals surface area contributed by atoms with Crippen molar-refractivity contribution in [3.63, 3.8) is 0 Å². The molecule has 1 aliphatic heterocycles. The third-order valence-corrected chi connectivity index (χ3v) is 11.3. The minimum Gasteiger partial charge on any atom is -0.414 e. The van der Waals surface area contributed by atoms with Gasteiger partial charge in [-0.15, -0.1) is 11.8 Å². The maximum absolute atomic E-state index is 12.8. The molecular weight excluding hydrogens is 470 g/mol. The summed E-state index contributed by atoms with van der Waals surface area (Å²) in [6.07, 6.45) is 3.11. The second-order valence-electron chi connectivity index (χ2n) is 9.87. The van der Waals surface area contributed by atoms with Crippen molar-refractivity contribution in [1.82, 2.24) is 9.55 Å². The minimum atomic E-state index is -1.96. The van der Waals surface area contributed by atoms with Crippen molar-refractivity contribution >= 4 is 31.8 Å². The molecule has 3 rings (SSSR count). The van der Waals surface area contributed by atoms with Gasteiger partial charge in [0.2, 0.25) is 0 Å². The molecule has 1 amide bonds. The lowest BCUT2D eigenvalue weighted by Crippen LogP contribution is -2.44. The summed E-state index contributed by atoms with van der Waals surface area (Å²) >= 11 is 1.59. The summed E-state index contributed by atoms with van der Waals surface area (Å²) in [5.41, 5.74) is -0.00333. The summed E-state index contributed by atoms with van der Waals surface area (Å²) in [6.45, 7) is 11.4. The lowest BCUT2D eigenvalue weighted by Gasteiger charge is -2.37. The number of nitrogens with zero attached hydrogens (tertiary/aromatic N) is 2. The van der Waals surface area contributed by atoms with Crippen molar-refractivity contribution < 1.29 is 18.7 Å². The van der Waals surface area contributed by atoms with Crippen LogP contribution in [0.1, 0.15) is 43.8 Å². The highest BCUT2D eigenvalue weighted by molar-refractivity contribution is 7.98. The molecule has 186 valence electrons. The van der Waals surface area contributed by atoms with Crippen LogP contribution in [0.25, 0.3) is 0 Å². The maximum Gasteiger partial charge on any atom is 0.351 e. The molecule has 0 aliphatic carbocycles. The molecule has 1 saturated heterocycles. The van der Waals surface area contributed by atoms with Gasteiger partial charge in [-0.05, 0) is 42.6 Å². The third kappa shape index (κ3) is 6.57. The normalized spacial score (nSPS) is 20.9. The minimum absolute atomic E-state index is 0.0848. The SMILES string of the molecule is CSCO[C@@H]1C[C@H](n2ccc(NC(=O)c3ccccc3)nc2=O)O[C@@H]1CO[Si](C)(C)C(C)(C)C. The number of ether oxygens (including phenoxy) is 2. The Hall–Kier alpha value is -1.98. The van der Waals surface area contributed by atoms with E-state index in [2.05, 4.69) is 44.2 Å². The first kappa shape index (κ1) is 26.6. The van der Waals surface area contributed by atoms with E-state index in [-0.39, 0.29) is 29.0 Å². The number of aromatic nitrogens is 2. The van der Waals surface area contributed by atoms with Gasteiger partial charge in [-0.25, -0.2) is 4.79 Å². The third-order valence-electron chi connectivity index (χ3n) is 6.41. The standard InChI is InChI=1S/C24H35N3O5SSi/c1-24(2,3)34(5,6)31-15-19-18(30-16-33-4)14-21(32-19)27-13-12-20(26-23(27)29)25-22(28)17-10-8-7-9-11-17/h7-13,18-19,21H,14-16H2,1-6H3,(H,25,26,28,29)/t18-,19-,21-/m1/s1. The van der Waals surface area contributed by atoms with E-state index in [0.717, 1.165) is 0 Å². The van der Waals surface area contributed by atoms with E-state index >= 15 is 0 Å². The van der Waals surface area contributed by atoms with Crippen LogP contribution in [-0.4, -0.2) is 54.8 Å². The molecule has 1 fully saturated rings. The van der Waals surface area contributed by atoms with Crippen molar-refractivity contribution in [2.24, 2.45) is 0 Å². The van der Waals surface area contributed by atoms with E-state index in [1.54, 1.807) is 48.3 Å². The first-order chi connectivity index (χ1) is 16.0. The first-order valence-corrected chi connectivity index (χ1v) is 15.7. The molecule has 0 spiro atoms. The number of carbonyl (C=O) groups is 1. The van der Waals surface area contributed by atoms with E-state index in [0.29, 0.717) is 24.5 Å². The Morgan fingerprint density at radius 3 is 2.59 bits per heavy atom.